The molecule has 72 valence electrons. The van der Waals surface area contributed by atoms with Gasteiger partial charge in [-0.3, -0.25) is 0 Å². The Bertz CT molecular complexity index is 47.7. The molecule has 0 aliphatic rings. The van der Waals surface area contributed by atoms with E-state index in [0.717, 1.165) is 6.54 Å². The molecule has 0 aliphatic carbocycles. The largest absolute Gasteiger partial charge is 0.870 e. The van der Waals surface area contributed by atoms with Crippen LogP contribution in [0.5, 0.6) is 0 Å². The number of nitrogens with two attached hydrogens (primary N) is 1. The molecule has 0 aliphatic heterocycles. The summed E-state index contributed by atoms with van der Waals surface area (Å²) < 4.78 is 0. The van der Waals surface area contributed by atoms with Gasteiger partial charge in [-0.05, 0) is 25.7 Å². The van der Waals surface area contributed by atoms with Crippen molar-refractivity contribution >= 4 is 0 Å². The van der Waals surface area contributed by atoms with Crippen LogP contribution in [0, 0.1) is 0 Å². The second kappa shape index (κ2) is 16.4. The van der Waals surface area contributed by atoms with Crippen LogP contribution in [0.15, 0.2) is 0 Å². The molecule has 4 nitrogen and oxygen atoms in total. The molecular formula is C7H22N2O2. The summed E-state index contributed by atoms with van der Waals surface area (Å²) in [6.45, 7) is 2.40. The van der Waals surface area contributed by atoms with E-state index in [1.165, 1.54) is 32.2 Å². The van der Waals surface area contributed by atoms with Crippen molar-refractivity contribution in [2.24, 2.45) is 0 Å². The van der Waals surface area contributed by atoms with Crippen molar-refractivity contribution in [1.29, 1.82) is 0 Å². The van der Waals surface area contributed by atoms with Gasteiger partial charge in [0.25, 0.3) is 0 Å². The summed E-state index contributed by atoms with van der Waals surface area (Å²) in [7, 11) is 2.13. The van der Waals surface area contributed by atoms with Crippen LogP contribution in [0.4, 0.5) is 0 Å². The van der Waals surface area contributed by atoms with Crippen LogP contribution in [0.25, 0.3) is 0 Å². The average Bonchev–Trinajstić information content (AvgIpc) is 1.89. The van der Waals surface area contributed by atoms with Gasteiger partial charge in [-0.1, -0.05) is 0 Å². The Hall–Kier alpha value is -0.160. The number of rotatable bonds is 6. The Morgan fingerprint density at radius 3 is 2.00 bits per heavy atom. The zero-order valence-corrected chi connectivity index (χ0v) is 7.42. The lowest BCUT2D eigenvalue weighted by Gasteiger charge is -1.94. The predicted molar refractivity (Wildman–Crippen MR) is 42.8 cm³/mol. The molecule has 11 heavy (non-hydrogen) atoms. The van der Waals surface area contributed by atoms with Crippen molar-refractivity contribution < 1.29 is 22.0 Å². The van der Waals surface area contributed by atoms with Crippen LogP contribution in [-0.4, -0.2) is 31.1 Å². The highest BCUT2D eigenvalue weighted by molar-refractivity contribution is 4.38. The van der Waals surface area contributed by atoms with E-state index in [4.69, 9.17) is 0 Å². The van der Waals surface area contributed by atoms with Crippen LogP contribution in [0.1, 0.15) is 25.7 Å². The van der Waals surface area contributed by atoms with Gasteiger partial charge in [-0.15, -0.1) is 0 Å². The highest BCUT2D eigenvalue weighted by Crippen LogP contribution is 1.94. The Morgan fingerprint density at radius 2 is 1.55 bits per heavy atom. The molecular weight excluding hydrogens is 144 g/mol. The van der Waals surface area contributed by atoms with Crippen LogP contribution in [0.2, 0.25) is 0 Å². The smallest absolute Gasteiger partial charge is 0.0753 e. The third-order valence-electron chi connectivity index (χ3n) is 1.49. The zero-order valence-electron chi connectivity index (χ0n) is 7.42. The summed E-state index contributed by atoms with van der Waals surface area (Å²) in [6, 6.07) is 0. The first-order valence-electron chi connectivity index (χ1n) is 3.99. The average molecular weight is 166 g/mol. The van der Waals surface area contributed by atoms with Crippen LogP contribution in [0.3, 0.4) is 0 Å². The lowest BCUT2D eigenvalue weighted by atomic mass is 10.2. The first-order chi connectivity index (χ1) is 4.41. The normalized spacial score (nSPS) is 8.18. The summed E-state index contributed by atoms with van der Waals surface area (Å²) in [5, 5.41) is 2.24. The molecule has 0 amide bonds. The van der Waals surface area contributed by atoms with Crippen LogP contribution < -0.4 is 11.1 Å². The minimum Gasteiger partial charge on any atom is -0.870 e. The van der Waals surface area contributed by atoms with Crippen molar-refractivity contribution in [3.63, 3.8) is 0 Å². The lowest BCUT2D eigenvalue weighted by molar-refractivity contribution is -0.627. The van der Waals surface area contributed by atoms with Gasteiger partial charge in [0.2, 0.25) is 0 Å². The second-order valence-corrected chi connectivity index (χ2v) is 2.46. The van der Waals surface area contributed by atoms with E-state index < -0.39 is 0 Å². The van der Waals surface area contributed by atoms with E-state index in [2.05, 4.69) is 18.1 Å². The maximum absolute atomic E-state index is 3.80. The first kappa shape index (κ1) is 17.1. The highest BCUT2D eigenvalue weighted by Gasteiger charge is 1.88. The summed E-state index contributed by atoms with van der Waals surface area (Å²) in [5.74, 6) is 0. The van der Waals surface area contributed by atoms with Crippen LogP contribution >= 0.6 is 0 Å². The molecule has 0 saturated heterocycles. The molecule has 0 aromatic rings. The van der Waals surface area contributed by atoms with Gasteiger partial charge in [-0.25, -0.2) is 0 Å². The Labute approximate surface area is 68.8 Å². The number of quaternary nitrogens is 2. The van der Waals surface area contributed by atoms with E-state index in [1.54, 1.807) is 0 Å². The van der Waals surface area contributed by atoms with Gasteiger partial charge in [-0.2, -0.15) is 0 Å². The van der Waals surface area contributed by atoms with E-state index in [-0.39, 0.29) is 11.0 Å². The first-order valence-corrected chi connectivity index (χ1v) is 3.99. The van der Waals surface area contributed by atoms with Crippen molar-refractivity contribution in [2.75, 3.05) is 20.1 Å². The highest BCUT2D eigenvalue weighted by atomic mass is 16.0. The number of hydrogen-bond donors (Lipinski definition) is 2. The van der Waals surface area contributed by atoms with E-state index in [1.807, 2.05) is 0 Å². The minimum atomic E-state index is 0. The Balaban J connectivity index is -0.000000320. The maximum atomic E-state index is 3.80. The zero-order chi connectivity index (χ0) is 6.95. The summed E-state index contributed by atoms with van der Waals surface area (Å²) in [5.41, 5.74) is 3.80. The molecule has 0 fully saturated rings. The van der Waals surface area contributed by atoms with Crippen molar-refractivity contribution in [2.45, 2.75) is 25.7 Å². The maximum Gasteiger partial charge on any atom is 0.0753 e. The third-order valence-corrected chi connectivity index (χ3v) is 1.49. The lowest BCUT2D eigenvalue weighted by Crippen LogP contribution is -2.79. The van der Waals surface area contributed by atoms with Gasteiger partial charge in [0.15, 0.2) is 0 Å². The van der Waals surface area contributed by atoms with Gasteiger partial charge < -0.3 is 22.0 Å². The standard InChI is InChI=1S/C7H18N2.2H2O/c1-9-7-5-3-2-4-6-8;;/h9H,2-8H2,1H3;2*1H2. The van der Waals surface area contributed by atoms with Crippen molar-refractivity contribution in [1.82, 2.24) is 0 Å². The SMILES string of the molecule is C[NH2+]CCCCCC[NH3+].[OH-].[OH-]. The van der Waals surface area contributed by atoms with Crippen molar-refractivity contribution in [3.05, 3.63) is 0 Å². The topological polar surface area (TPSA) is 104 Å². The van der Waals surface area contributed by atoms with Gasteiger partial charge in [0.05, 0.1) is 20.1 Å². The third kappa shape index (κ3) is 17.7. The minimum absolute atomic E-state index is 0. The number of unbranched alkanes of at least 4 members (excludes halogenated alkanes) is 3. The fourth-order valence-corrected chi connectivity index (χ4v) is 0.879. The second-order valence-electron chi connectivity index (χ2n) is 2.46. The van der Waals surface area contributed by atoms with Gasteiger partial charge in [0, 0.05) is 0 Å². The van der Waals surface area contributed by atoms with Gasteiger partial charge in [0.1, 0.15) is 0 Å². The molecule has 0 rings (SSSR count). The molecule has 0 aromatic carbocycles. The van der Waals surface area contributed by atoms with E-state index in [0.29, 0.717) is 0 Å². The van der Waals surface area contributed by atoms with E-state index in [9.17, 15) is 0 Å². The molecule has 0 saturated carbocycles. The molecule has 0 spiro atoms. The summed E-state index contributed by atoms with van der Waals surface area (Å²) in [4.78, 5) is 0. The Morgan fingerprint density at radius 1 is 1.00 bits per heavy atom. The fourth-order valence-electron chi connectivity index (χ4n) is 0.879. The molecule has 0 radical (unpaired) electrons. The quantitative estimate of drug-likeness (QED) is 0.475. The predicted octanol–water partition coefficient (Wildman–Crippen LogP) is -1.37. The molecule has 0 atom stereocenters. The summed E-state index contributed by atoms with van der Waals surface area (Å²) >= 11 is 0. The fraction of sp³-hybridized carbons (Fsp3) is 1.00. The van der Waals surface area contributed by atoms with Crippen molar-refractivity contribution in [3.8, 4) is 0 Å². The number of hydrogen-bond acceptors (Lipinski definition) is 2. The monoisotopic (exact) mass is 166 g/mol. The van der Waals surface area contributed by atoms with Gasteiger partial charge >= 0.3 is 0 Å². The van der Waals surface area contributed by atoms with Crippen LogP contribution in [-0.2, 0) is 0 Å². The van der Waals surface area contributed by atoms with E-state index >= 15 is 0 Å². The molecule has 0 aromatic heterocycles. The Kier molecular flexibility index (Phi) is 25.5. The molecule has 7 N–H and O–H groups in total. The molecule has 0 unspecified atom stereocenters. The summed E-state index contributed by atoms with van der Waals surface area (Å²) in [6.07, 6.45) is 5.44. The molecule has 0 heterocycles. The molecule has 4 heteroatoms. The molecule has 0 bridgehead atoms.